The maximum Gasteiger partial charge on any atom is 0.433 e. The fourth-order valence-corrected chi connectivity index (χ4v) is 3.40. The van der Waals surface area contributed by atoms with Crippen molar-refractivity contribution in [3.8, 4) is 0 Å². The Balaban J connectivity index is 1.49. The molecule has 0 aliphatic carbocycles. The SMILES string of the molecule is O=[N+]([O-])c1ccc(CN2CCC(C3CCCN3)CC2)o1. The van der Waals surface area contributed by atoms with E-state index in [9.17, 15) is 10.1 Å². The Labute approximate surface area is 118 Å². The lowest BCUT2D eigenvalue weighted by Gasteiger charge is -2.34. The van der Waals surface area contributed by atoms with Crippen molar-refractivity contribution >= 4 is 5.88 Å². The summed E-state index contributed by atoms with van der Waals surface area (Å²) in [5.74, 6) is 1.32. The maximum atomic E-state index is 10.6. The molecule has 1 unspecified atom stereocenters. The molecule has 1 aromatic rings. The lowest BCUT2D eigenvalue weighted by atomic mass is 9.88. The van der Waals surface area contributed by atoms with Crippen LogP contribution < -0.4 is 5.32 Å². The molecule has 0 radical (unpaired) electrons. The zero-order valence-electron chi connectivity index (χ0n) is 11.6. The Bertz CT molecular complexity index is 460. The van der Waals surface area contributed by atoms with Gasteiger partial charge in [0.1, 0.15) is 10.7 Å². The van der Waals surface area contributed by atoms with Crippen LogP contribution in [-0.4, -0.2) is 35.5 Å². The molecular weight excluding hydrogens is 258 g/mol. The van der Waals surface area contributed by atoms with Gasteiger partial charge < -0.3 is 9.73 Å². The molecule has 3 rings (SSSR count). The van der Waals surface area contributed by atoms with Crippen molar-refractivity contribution in [1.82, 2.24) is 10.2 Å². The summed E-state index contributed by atoms with van der Waals surface area (Å²) in [4.78, 5) is 12.4. The van der Waals surface area contributed by atoms with Gasteiger partial charge in [0, 0.05) is 6.04 Å². The van der Waals surface area contributed by atoms with Gasteiger partial charge in [0.2, 0.25) is 0 Å². The molecule has 6 heteroatoms. The predicted octanol–water partition coefficient (Wildman–Crippen LogP) is 2.15. The molecule has 0 saturated carbocycles. The van der Waals surface area contributed by atoms with Gasteiger partial charge in [0.05, 0.1) is 12.6 Å². The highest BCUT2D eigenvalue weighted by atomic mass is 16.6. The van der Waals surface area contributed by atoms with Crippen molar-refractivity contribution in [2.45, 2.75) is 38.3 Å². The molecule has 2 aliphatic heterocycles. The van der Waals surface area contributed by atoms with Crippen molar-refractivity contribution < 1.29 is 9.34 Å². The van der Waals surface area contributed by atoms with E-state index in [1.807, 2.05) is 0 Å². The van der Waals surface area contributed by atoms with Crippen molar-refractivity contribution in [2.24, 2.45) is 5.92 Å². The Morgan fingerprint density at radius 1 is 1.35 bits per heavy atom. The maximum absolute atomic E-state index is 10.6. The highest BCUT2D eigenvalue weighted by Crippen LogP contribution is 2.27. The van der Waals surface area contributed by atoms with E-state index >= 15 is 0 Å². The Hall–Kier alpha value is -1.40. The summed E-state index contributed by atoms with van der Waals surface area (Å²) in [6.07, 6.45) is 5.04. The highest BCUT2D eigenvalue weighted by Gasteiger charge is 2.28. The first kappa shape index (κ1) is 13.6. The van der Waals surface area contributed by atoms with Crippen LogP contribution in [0.2, 0.25) is 0 Å². The number of nitrogens with one attached hydrogen (secondary N) is 1. The minimum atomic E-state index is -0.485. The second-order valence-electron chi connectivity index (χ2n) is 5.81. The number of nitrogens with zero attached hydrogens (tertiary/aromatic N) is 2. The van der Waals surface area contributed by atoms with Crippen LogP contribution in [0.5, 0.6) is 0 Å². The summed E-state index contributed by atoms with van der Waals surface area (Å²) in [5.41, 5.74) is 0. The minimum Gasteiger partial charge on any atom is -0.404 e. The van der Waals surface area contributed by atoms with E-state index < -0.39 is 4.92 Å². The molecule has 20 heavy (non-hydrogen) atoms. The normalized spacial score (nSPS) is 25.1. The third kappa shape index (κ3) is 3.02. The molecule has 1 N–H and O–H groups in total. The first-order valence-corrected chi connectivity index (χ1v) is 7.41. The zero-order chi connectivity index (χ0) is 13.9. The number of hydrogen-bond donors (Lipinski definition) is 1. The van der Waals surface area contributed by atoms with Crippen LogP contribution in [0.3, 0.4) is 0 Å². The number of furan rings is 1. The van der Waals surface area contributed by atoms with Gasteiger partial charge in [-0.2, -0.15) is 0 Å². The number of hydrogen-bond acceptors (Lipinski definition) is 5. The fourth-order valence-electron chi connectivity index (χ4n) is 3.40. The molecule has 1 atom stereocenters. The van der Waals surface area contributed by atoms with E-state index in [1.54, 1.807) is 6.07 Å². The van der Waals surface area contributed by atoms with E-state index in [1.165, 1.54) is 38.3 Å². The number of rotatable bonds is 4. The van der Waals surface area contributed by atoms with Crippen LogP contribution in [0.15, 0.2) is 16.5 Å². The largest absolute Gasteiger partial charge is 0.433 e. The molecule has 110 valence electrons. The van der Waals surface area contributed by atoms with Crippen LogP contribution in [0.1, 0.15) is 31.4 Å². The van der Waals surface area contributed by atoms with Gasteiger partial charge >= 0.3 is 5.88 Å². The zero-order valence-corrected chi connectivity index (χ0v) is 11.6. The molecule has 2 saturated heterocycles. The Kier molecular flexibility index (Phi) is 4.03. The summed E-state index contributed by atoms with van der Waals surface area (Å²) >= 11 is 0. The summed E-state index contributed by atoms with van der Waals surface area (Å²) in [5, 5.41) is 14.2. The molecule has 6 nitrogen and oxygen atoms in total. The summed E-state index contributed by atoms with van der Waals surface area (Å²) in [6, 6.07) is 3.86. The summed E-state index contributed by atoms with van der Waals surface area (Å²) in [7, 11) is 0. The first-order valence-electron chi connectivity index (χ1n) is 7.41. The van der Waals surface area contributed by atoms with Crippen molar-refractivity contribution in [2.75, 3.05) is 19.6 Å². The molecule has 1 aromatic heterocycles. The van der Waals surface area contributed by atoms with E-state index in [-0.39, 0.29) is 5.88 Å². The minimum absolute atomic E-state index is 0.162. The van der Waals surface area contributed by atoms with Crippen LogP contribution in [0.4, 0.5) is 5.88 Å². The van der Waals surface area contributed by atoms with Crippen molar-refractivity contribution in [3.63, 3.8) is 0 Å². The Morgan fingerprint density at radius 2 is 2.15 bits per heavy atom. The van der Waals surface area contributed by atoms with Gasteiger partial charge in [-0.05, 0) is 57.3 Å². The summed E-state index contributed by atoms with van der Waals surface area (Å²) < 4.78 is 5.22. The Morgan fingerprint density at radius 3 is 2.75 bits per heavy atom. The van der Waals surface area contributed by atoms with Crippen LogP contribution >= 0.6 is 0 Å². The van der Waals surface area contributed by atoms with Gasteiger partial charge in [-0.15, -0.1) is 0 Å². The molecular formula is C14H21N3O3. The van der Waals surface area contributed by atoms with Crippen LogP contribution in [0.25, 0.3) is 0 Å². The fraction of sp³-hybridized carbons (Fsp3) is 0.714. The van der Waals surface area contributed by atoms with Crippen LogP contribution in [0, 0.1) is 16.0 Å². The summed E-state index contributed by atoms with van der Waals surface area (Å²) in [6.45, 7) is 3.95. The first-order chi connectivity index (χ1) is 9.72. The van der Waals surface area contributed by atoms with Gasteiger partial charge in [-0.25, -0.2) is 0 Å². The van der Waals surface area contributed by atoms with Gasteiger partial charge in [-0.3, -0.25) is 15.0 Å². The third-order valence-corrected chi connectivity index (χ3v) is 4.51. The van der Waals surface area contributed by atoms with Gasteiger partial charge in [0.25, 0.3) is 0 Å². The second-order valence-corrected chi connectivity index (χ2v) is 5.81. The van der Waals surface area contributed by atoms with Crippen molar-refractivity contribution in [1.29, 1.82) is 0 Å². The smallest absolute Gasteiger partial charge is 0.404 e. The number of nitro groups is 1. The van der Waals surface area contributed by atoms with E-state index in [0.717, 1.165) is 19.0 Å². The number of likely N-dealkylation sites (tertiary alicyclic amines) is 1. The quantitative estimate of drug-likeness (QED) is 0.675. The van der Waals surface area contributed by atoms with E-state index in [0.29, 0.717) is 18.3 Å². The van der Waals surface area contributed by atoms with Gasteiger partial charge in [0.15, 0.2) is 0 Å². The molecule has 3 heterocycles. The monoisotopic (exact) mass is 279 g/mol. The van der Waals surface area contributed by atoms with Crippen molar-refractivity contribution in [3.05, 3.63) is 28.0 Å². The average molecular weight is 279 g/mol. The topological polar surface area (TPSA) is 71.6 Å². The highest BCUT2D eigenvalue weighted by molar-refractivity contribution is 5.17. The average Bonchev–Trinajstić information content (AvgIpc) is 3.10. The molecule has 2 aliphatic rings. The molecule has 0 amide bonds. The standard InChI is InChI=1S/C14H21N3O3/c18-17(19)14-4-3-12(20-14)10-16-8-5-11(6-9-16)13-2-1-7-15-13/h3-4,11,13,15H,1-2,5-10H2. The van der Waals surface area contributed by atoms with E-state index in [4.69, 9.17) is 4.42 Å². The van der Waals surface area contributed by atoms with Gasteiger partial charge in [-0.1, -0.05) is 0 Å². The predicted molar refractivity (Wildman–Crippen MR) is 74.4 cm³/mol. The second kappa shape index (κ2) is 5.93. The number of piperidine rings is 1. The third-order valence-electron chi connectivity index (χ3n) is 4.51. The van der Waals surface area contributed by atoms with E-state index in [2.05, 4.69) is 10.2 Å². The molecule has 2 fully saturated rings. The molecule has 0 bridgehead atoms. The molecule has 0 aromatic carbocycles. The lowest BCUT2D eigenvalue weighted by molar-refractivity contribution is -0.402. The molecule has 0 spiro atoms. The van der Waals surface area contributed by atoms with Crippen LogP contribution in [-0.2, 0) is 6.54 Å². The lowest BCUT2D eigenvalue weighted by Crippen LogP contribution is -2.40.